The Kier molecular flexibility index (Phi) is 4.16. The van der Waals surface area contributed by atoms with E-state index in [4.69, 9.17) is 35.4 Å². The number of hydrogen-bond donors (Lipinski definition) is 1. The number of ketones is 1. The van der Waals surface area contributed by atoms with E-state index in [9.17, 15) is 4.79 Å². The lowest BCUT2D eigenvalue weighted by Gasteiger charge is -2.08. The Bertz CT molecular complexity index is 423. The summed E-state index contributed by atoms with van der Waals surface area (Å²) in [6, 6.07) is 3.92. The van der Waals surface area contributed by atoms with E-state index in [0.29, 0.717) is 15.6 Å². The van der Waals surface area contributed by atoms with Crippen LogP contribution in [0, 0.1) is 12.3 Å². The van der Waals surface area contributed by atoms with Gasteiger partial charge in [0.1, 0.15) is 0 Å². The van der Waals surface area contributed by atoms with Crippen LogP contribution in [0.2, 0.25) is 10.0 Å². The molecular weight excluding hydrogens is 233 g/mol. The molecule has 4 heteroatoms. The van der Waals surface area contributed by atoms with Crippen LogP contribution >= 0.6 is 23.2 Å². The molecule has 2 N–H and O–H groups in total. The predicted octanol–water partition coefficient (Wildman–Crippen LogP) is 2.53. The molecule has 2 nitrogen and oxygen atoms in total. The average molecular weight is 242 g/mol. The molecular formula is C11H9Cl2NO. The largest absolute Gasteiger partial charge is 0.320 e. The van der Waals surface area contributed by atoms with Crippen LogP contribution < -0.4 is 5.73 Å². The van der Waals surface area contributed by atoms with Gasteiger partial charge in [-0.3, -0.25) is 4.79 Å². The van der Waals surface area contributed by atoms with Crippen molar-refractivity contribution in [3.63, 3.8) is 0 Å². The van der Waals surface area contributed by atoms with Crippen LogP contribution in [-0.4, -0.2) is 11.8 Å². The molecule has 0 bridgehead atoms. The summed E-state index contributed by atoms with van der Waals surface area (Å²) < 4.78 is 0. The van der Waals surface area contributed by atoms with Crippen molar-refractivity contribution in [1.82, 2.24) is 0 Å². The van der Waals surface area contributed by atoms with E-state index < -0.39 is 6.04 Å². The van der Waals surface area contributed by atoms with Crippen molar-refractivity contribution < 1.29 is 4.79 Å². The summed E-state index contributed by atoms with van der Waals surface area (Å²) in [5, 5.41) is 0.771. The lowest BCUT2D eigenvalue weighted by atomic mass is 10.0. The summed E-state index contributed by atoms with van der Waals surface area (Å²) in [4.78, 5) is 11.7. The number of carbonyl (C=O) groups excluding carboxylic acids is 1. The van der Waals surface area contributed by atoms with Crippen LogP contribution in [-0.2, 0) is 0 Å². The molecule has 0 saturated carbocycles. The number of hydrogen-bond acceptors (Lipinski definition) is 2. The maximum absolute atomic E-state index is 11.7. The maximum atomic E-state index is 11.7. The maximum Gasteiger partial charge on any atom is 0.182 e. The number of carbonyl (C=O) groups is 1. The van der Waals surface area contributed by atoms with Crippen molar-refractivity contribution in [2.75, 3.05) is 0 Å². The van der Waals surface area contributed by atoms with Gasteiger partial charge >= 0.3 is 0 Å². The number of rotatable bonds is 3. The van der Waals surface area contributed by atoms with E-state index in [1.54, 1.807) is 12.1 Å². The van der Waals surface area contributed by atoms with Crippen LogP contribution in [0.25, 0.3) is 0 Å². The van der Waals surface area contributed by atoms with Gasteiger partial charge in [-0.05, 0) is 18.2 Å². The first-order valence-corrected chi connectivity index (χ1v) is 5.00. The second kappa shape index (κ2) is 5.18. The molecule has 0 radical (unpaired) electrons. The molecule has 1 atom stereocenters. The first-order chi connectivity index (χ1) is 7.06. The highest BCUT2D eigenvalue weighted by Gasteiger charge is 2.17. The van der Waals surface area contributed by atoms with Gasteiger partial charge in [0, 0.05) is 17.0 Å². The van der Waals surface area contributed by atoms with Gasteiger partial charge in [-0.25, -0.2) is 0 Å². The van der Waals surface area contributed by atoms with E-state index >= 15 is 0 Å². The molecule has 0 saturated heterocycles. The molecule has 15 heavy (non-hydrogen) atoms. The molecule has 0 aliphatic rings. The highest BCUT2D eigenvalue weighted by Crippen LogP contribution is 2.22. The van der Waals surface area contributed by atoms with Gasteiger partial charge in [0.25, 0.3) is 0 Å². The van der Waals surface area contributed by atoms with Crippen molar-refractivity contribution >= 4 is 29.0 Å². The van der Waals surface area contributed by atoms with Gasteiger partial charge < -0.3 is 5.73 Å². The average Bonchev–Trinajstić information content (AvgIpc) is 2.21. The summed E-state index contributed by atoms with van der Waals surface area (Å²) in [5.74, 6) is 2.04. The van der Waals surface area contributed by atoms with Crippen LogP contribution in [0.4, 0.5) is 0 Å². The first-order valence-electron chi connectivity index (χ1n) is 4.24. The fourth-order valence-corrected chi connectivity index (χ4v) is 1.49. The van der Waals surface area contributed by atoms with Crippen LogP contribution in [0.5, 0.6) is 0 Å². The van der Waals surface area contributed by atoms with Crippen LogP contribution in [0.3, 0.4) is 0 Å². The number of nitrogens with two attached hydrogens (primary N) is 1. The van der Waals surface area contributed by atoms with Gasteiger partial charge in [0.2, 0.25) is 0 Å². The quantitative estimate of drug-likeness (QED) is 0.653. The highest BCUT2D eigenvalue weighted by molar-refractivity contribution is 6.36. The molecule has 0 aliphatic carbocycles. The Labute approximate surface area is 98.4 Å². The summed E-state index contributed by atoms with van der Waals surface area (Å²) in [6.07, 6.45) is 5.25. The third-order valence-corrected chi connectivity index (χ3v) is 2.43. The zero-order valence-electron chi connectivity index (χ0n) is 7.84. The standard InChI is InChI=1S/C11H9Cl2NO/c1-2-3-10(14)11(15)8-6-7(12)4-5-9(8)13/h1,4-6,10H,3,14H2. The minimum absolute atomic E-state index is 0.182. The van der Waals surface area contributed by atoms with Crippen molar-refractivity contribution in [2.45, 2.75) is 12.5 Å². The Hall–Kier alpha value is -1.01. The predicted molar refractivity (Wildman–Crippen MR) is 62.2 cm³/mol. The molecule has 78 valence electrons. The Morgan fingerprint density at radius 1 is 1.53 bits per heavy atom. The molecule has 0 spiro atoms. The molecule has 1 rings (SSSR count). The SMILES string of the molecule is C#CCC(N)C(=O)c1cc(Cl)ccc1Cl. The van der Waals surface area contributed by atoms with Gasteiger partial charge in [0.15, 0.2) is 5.78 Å². The van der Waals surface area contributed by atoms with Gasteiger partial charge in [-0.2, -0.15) is 0 Å². The summed E-state index contributed by atoms with van der Waals surface area (Å²) in [7, 11) is 0. The molecule has 0 aliphatic heterocycles. The normalized spacial score (nSPS) is 11.9. The highest BCUT2D eigenvalue weighted by atomic mass is 35.5. The molecule has 0 amide bonds. The second-order valence-electron chi connectivity index (χ2n) is 3.00. The molecule has 1 unspecified atom stereocenters. The summed E-state index contributed by atoms with van der Waals surface area (Å²) in [5.41, 5.74) is 5.90. The minimum atomic E-state index is -0.731. The summed E-state index contributed by atoms with van der Waals surface area (Å²) >= 11 is 11.6. The Balaban J connectivity index is 3.01. The molecule has 0 aromatic heterocycles. The van der Waals surface area contributed by atoms with Gasteiger partial charge in [-0.15, -0.1) is 12.3 Å². The number of halogens is 2. The zero-order valence-corrected chi connectivity index (χ0v) is 9.35. The summed E-state index contributed by atoms with van der Waals surface area (Å²) in [6.45, 7) is 0. The lowest BCUT2D eigenvalue weighted by Crippen LogP contribution is -2.30. The van der Waals surface area contributed by atoms with Gasteiger partial charge in [0.05, 0.1) is 11.1 Å². The monoisotopic (exact) mass is 241 g/mol. The van der Waals surface area contributed by atoms with E-state index in [1.807, 2.05) is 0 Å². The number of benzene rings is 1. The van der Waals surface area contributed by atoms with Gasteiger partial charge in [-0.1, -0.05) is 23.2 Å². The van der Waals surface area contributed by atoms with E-state index in [1.165, 1.54) is 6.07 Å². The fourth-order valence-electron chi connectivity index (χ4n) is 1.11. The van der Waals surface area contributed by atoms with Crippen LogP contribution in [0.15, 0.2) is 18.2 Å². The number of terminal acetylenes is 1. The van der Waals surface area contributed by atoms with E-state index in [0.717, 1.165) is 0 Å². The van der Waals surface area contributed by atoms with E-state index in [2.05, 4.69) is 5.92 Å². The number of Topliss-reactive ketones (excluding diaryl/α,β-unsaturated/α-hetero) is 1. The third kappa shape index (κ3) is 2.97. The van der Waals surface area contributed by atoms with Crippen molar-refractivity contribution in [1.29, 1.82) is 0 Å². The van der Waals surface area contributed by atoms with Crippen molar-refractivity contribution in [3.8, 4) is 12.3 Å². The lowest BCUT2D eigenvalue weighted by molar-refractivity contribution is 0.0963. The molecule has 1 aromatic rings. The second-order valence-corrected chi connectivity index (χ2v) is 3.85. The fraction of sp³-hybridized carbons (Fsp3) is 0.182. The topological polar surface area (TPSA) is 43.1 Å². The van der Waals surface area contributed by atoms with Crippen molar-refractivity contribution in [3.05, 3.63) is 33.8 Å². The molecule has 1 aromatic carbocycles. The molecule has 0 fully saturated rings. The van der Waals surface area contributed by atoms with Crippen molar-refractivity contribution in [2.24, 2.45) is 5.73 Å². The minimum Gasteiger partial charge on any atom is -0.320 e. The third-order valence-electron chi connectivity index (χ3n) is 1.87. The zero-order chi connectivity index (χ0) is 11.4. The Morgan fingerprint density at radius 3 is 2.80 bits per heavy atom. The van der Waals surface area contributed by atoms with E-state index in [-0.39, 0.29) is 12.2 Å². The smallest absolute Gasteiger partial charge is 0.182 e. The van der Waals surface area contributed by atoms with Crippen LogP contribution in [0.1, 0.15) is 16.8 Å². The molecule has 0 heterocycles. The first kappa shape index (κ1) is 12.1. The Morgan fingerprint density at radius 2 is 2.20 bits per heavy atom.